The van der Waals surface area contributed by atoms with E-state index in [1.54, 1.807) is 7.11 Å². The first kappa shape index (κ1) is 17.0. The van der Waals surface area contributed by atoms with Crippen LogP contribution >= 0.6 is 0 Å². The van der Waals surface area contributed by atoms with E-state index in [0.717, 1.165) is 29.7 Å². The van der Waals surface area contributed by atoms with Crippen molar-refractivity contribution < 1.29 is 9.53 Å². The first-order valence-electron chi connectivity index (χ1n) is 8.51. The molecular weight excluding hydrogens is 312 g/mol. The summed E-state index contributed by atoms with van der Waals surface area (Å²) in [4.78, 5) is 16.6. The summed E-state index contributed by atoms with van der Waals surface area (Å²) < 4.78 is 5.36. The number of aryl methyl sites for hydroxylation is 2. The molecule has 0 bridgehead atoms. The lowest BCUT2D eigenvalue weighted by Gasteiger charge is -2.07. The predicted molar refractivity (Wildman–Crippen MR) is 101 cm³/mol. The van der Waals surface area contributed by atoms with Crippen LogP contribution < -0.4 is 10.1 Å². The maximum atomic E-state index is 12.1. The van der Waals surface area contributed by atoms with Gasteiger partial charge in [-0.2, -0.15) is 0 Å². The number of methoxy groups -OCH3 is 1. The van der Waals surface area contributed by atoms with Gasteiger partial charge < -0.3 is 10.1 Å². The van der Waals surface area contributed by atoms with E-state index in [2.05, 4.69) is 29.4 Å². The van der Waals surface area contributed by atoms with E-state index < -0.39 is 0 Å². The lowest BCUT2D eigenvalue weighted by Crippen LogP contribution is -2.24. The smallest absolute Gasteiger partial charge is 0.275 e. The van der Waals surface area contributed by atoms with Crippen LogP contribution in [-0.4, -0.2) is 18.9 Å². The number of para-hydroxylation sites is 1. The SMILES string of the molecule is CCc1ccc(/C=C2/N=C(CCc3ccccc3OC)NC2=O)cc1. The largest absolute Gasteiger partial charge is 0.496 e. The van der Waals surface area contributed by atoms with Crippen LogP contribution in [0.15, 0.2) is 59.2 Å². The van der Waals surface area contributed by atoms with Gasteiger partial charge in [0, 0.05) is 6.42 Å². The molecule has 1 aliphatic heterocycles. The molecule has 128 valence electrons. The molecule has 4 heteroatoms. The molecular formula is C21H22N2O2. The molecule has 0 saturated carbocycles. The number of nitrogens with one attached hydrogen (secondary N) is 1. The van der Waals surface area contributed by atoms with Crippen molar-refractivity contribution in [3.8, 4) is 5.75 Å². The van der Waals surface area contributed by atoms with Crippen molar-refractivity contribution in [3.63, 3.8) is 0 Å². The fourth-order valence-corrected chi connectivity index (χ4v) is 2.81. The average Bonchev–Trinajstić information content (AvgIpc) is 3.00. The highest BCUT2D eigenvalue weighted by molar-refractivity contribution is 6.14. The standard InChI is InChI=1S/C21H22N2O2/c1-3-15-8-10-16(11-9-15)14-18-21(24)23-20(22-18)13-12-17-6-4-5-7-19(17)25-2/h4-11,14H,3,12-13H2,1-2H3,(H,22,23,24)/b18-14+. The van der Waals surface area contributed by atoms with Crippen molar-refractivity contribution in [1.29, 1.82) is 0 Å². The predicted octanol–water partition coefficient (Wildman–Crippen LogP) is 3.76. The molecule has 2 aromatic rings. The first-order valence-corrected chi connectivity index (χ1v) is 8.51. The molecule has 0 saturated heterocycles. The van der Waals surface area contributed by atoms with Crippen molar-refractivity contribution >= 4 is 17.8 Å². The average molecular weight is 334 g/mol. The zero-order valence-electron chi connectivity index (χ0n) is 14.6. The van der Waals surface area contributed by atoms with Crippen molar-refractivity contribution in [3.05, 3.63) is 70.9 Å². The number of hydrogen-bond acceptors (Lipinski definition) is 3. The number of ether oxygens (including phenoxy) is 1. The number of amidine groups is 1. The van der Waals surface area contributed by atoms with Gasteiger partial charge in [-0.25, -0.2) is 4.99 Å². The zero-order chi connectivity index (χ0) is 17.6. The number of carbonyl (C=O) groups excluding carboxylic acids is 1. The van der Waals surface area contributed by atoms with Gasteiger partial charge in [0.2, 0.25) is 0 Å². The summed E-state index contributed by atoms with van der Waals surface area (Å²) in [6, 6.07) is 16.1. The Balaban J connectivity index is 1.70. The van der Waals surface area contributed by atoms with Crippen molar-refractivity contribution in [2.75, 3.05) is 7.11 Å². The van der Waals surface area contributed by atoms with Crippen LogP contribution in [0.3, 0.4) is 0 Å². The highest BCUT2D eigenvalue weighted by atomic mass is 16.5. The van der Waals surface area contributed by atoms with Crippen LogP contribution in [0.25, 0.3) is 6.08 Å². The number of benzene rings is 2. The second-order valence-corrected chi connectivity index (χ2v) is 5.95. The van der Waals surface area contributed by atoms with Gasteiger partial charge in [0.15, 0.2) is 0 Å². The van der Waals surface area contributed by atoms with E-state index in [4.69, 9.17) is 4.74 Å². The second kappa shape index (κ2) is 7.79. The van der Waals surface area contributed by atoms with Crippen molar-refractivity contribution in [2.45, 2.75) is 26.2 Å². The van der Waals surface area contributed by atoms with Gasteiger partial charge in [-0.1, -0.05) is 49.4 Å². The maximum absolute atomic E-state index is 12.1. The lowest BCUT2D eigenvalue weighted by molar-refractivity contribution is -0.115. The normalized spacial score (nSPS) is 15.2. The van der Waals surface area contributed by atoms with E-state index in [1.807, 2.05) is 42.5 Å². The summed E-state index contributed by atoms with van der Waals surface area (Å²) in [6.07, 6.45) is 4.26. The highest BCUT2D eigenvalue weighted by Crippen LogP contribution is 2.20. The Kier molecular flexibility index (Phi) is 5.29. The molecule has 0 aromatic heterocycles. The van der Waals surface area contributed by atoms with Gasteiger partial charge in [0.05, 0.1) is 7.11 Å². The van der Waals surface area contributed by atoms with Crippen LogP contribution in [0.5, 0.6) is 5.75 Å². The van der Waals surface area contributed by atoms with Gasteiger partial charge in [0.1, 0.15) is 17.3 Å². The van der Waals surface area contributed by atoms with Gasteiger partial charge in [0.25, 0.3) is 5.91 Å². The van der Waals surface area contributed by atoms with Gasteiger partial charge in [-0.05, 0) is 41.7 Å². The van der Waals surface area contributed by atoms with Crippen LogP contribution in [0.1, 0.15) is 30.0 Å². The third kappa shape index (κ3) is 4.15. The Hall–Kier alpha value is -2.88. The molecule has 4 nitrogen and oxygen atoms in total. The quantitative estimate of drug-likeness (QED) is 0.818. The van der Waals surface area contributed by atoms with E-state index >= 15 is 0 Å². The fraction of sp³-hybridized carbons (Fsp3) is 0.238. The zero-order valence-corrected chi connectivity index (χ0v) is 14.6. The molecule has 25 heavy (non-hydrogen) atoms. The third-order valence-electron chi connectivity index (χ3n) is 4.26. The number of nitrogens with zero attached hydrogens (tertiary/aromatic N) is 1. The van der Waals surface area contributed by atoms with Crippen molar-refractivity contribution in [1.82, 2.24) is 5.32 Å². The van der Waals surface area contributed by atoms with E-state index in [9.17, 15) is 4.79 Å². The Morgan fingerprint density at radius 2 is 1.84 bits per heavy atom. The molecule has 2 aromatic carbocycles. The number of aliphatic imine (C=N–C) groups is 1. The van der Waals surface area contributed by atoms with Crippen LogP contribution in [-0.2, 0) is 17.6 Å². The molecule has 0 spiro atoms. The Bertz CT molecular complexity index is 820. The minimum Gasteiger partial charge on any atom is -0.496 e. The van der Waals surface area contributed by atoms with Gasteiger partial charge in [-0.3, -0.25) is 4.79 Å². The van der Waals surface area contributed by atoms with E-state index in [-0.39, 0.29) is 5.91 Å². The number of rotatable bonds is 6. The van der Waals surface area contributed by atoms with E-state index in [0.29, 0.717) is 18.0 Å². The molecule has 0 fully saturated rings. The fourth-order valence-electron chi connectivity index (χ4n) is 2.81. The van der Waals surface area contributed by atoms with Crippen LogP contribution in [0.2, 0.25) is 0 Å². The monoisotopic (exact) mass is 334 g/mol. The number of amides is 1. The molecule has 3 rings (SSSR count). The molecule has 0 unspecified atom stereocenters. The van der Waals surface area contributed by atoms with E-state index in [1.165, 1.54) is 5.56 Å². The summed E-state index contributed by atoms with van der Waals surface area (Å²) in [5.41, 5.74) is 3.82. The minimum absolute atomic E-state index is 0.144. The number of carbonyl (C=O) groups is 1. The molecule has 1 N–H and O–H groups in total. The van der Waals surface area contributed by atoms with Gasteiger partial charge >= 0.3 is 0 Å². The number of hydrogen-bond donors (Lipinski definition) is 1. The third-order valence-corrected chi connectivity index (χ3v) is 4.26. The summed E-state index contributed by atoms with van der Waals surface area (Å²) >= 11 is 0. The van der Waals surface area contributed by atoms with Crippen LogP contribution in [0.4, 0.5) is 0 Å². The summed E-state index contributed by atoms with van der Waals surface area (Å²) in [6.45, 7) is 2.12. The maximum Gasteiger partial charge on any atom is 0.275 e. The topological polar surface area (TPSA) is 50.7 Å². The highest BCUT2D eigenvalue weighted by Gasteiger charge is 2.19. The van der Waals surface area contributed by atoms with Gasteiger partial charge in [-0.15, -0.1) is 0 Å². The molecule has 1 heterocycles. The van der Waals surface area contributed by atoms with Crippen LogP contribution in [0, 0.1) is 0 Å². The minimum atomic E-state index is -0.144. The van der Waals surface area contributed by atoms with Crippen molar-refractivity contribution in [2.24, 2.45) is 4.99 Å². The summed E-state index contributed by atoms with van der Waals surface area (Å²) in [7, 11) is 1.67. The molecule has 0 atom stereocenters. The first-order chi connectivity index (χ1) is 12.2. The molecule has 1 aliphatic rings. The molecule has 1 amide bonds. The summed E-state index contributed by atoms with van der Waals surface area (Å²) in [5.74, 6) is 1.42. The Labute approximate surface area is 148 Å². The lowest BCUT2D eigenvalue weighted by atomic mass is 10.1. The molecule has 0 radical (unpaired) electrons. The summed E-state index contributed by atoms with van der Waals surface area (Å²) in [5, 5.41) is 2.86. The second-order valence-electron chi connectivity index (χ2n) is 5.95. The Morgan fingerprint density at radius 3 is 2.56 bits per heavy atom. The Morgan fingerprint density at radius 1 is 1.08 bits per heavy atom. The molecule has 0 aliphatic carbocycles.